The van der Waals surface area contributed by atoms with E-state index in [1.165, 1.54) is 12.4 Å². The van der Waals surface area contributed by atoms with Gasteiger partial charge < -0.3 is 9.47 Å². The molecular weight excluding hydrogens is 521 g/mol. The van der Waals surface area contributed by atoms with Gasteiger partial charge in [0.1, 0.15) is 18.2 Å². The minimum atomic E-state index is -0.409. The van der Waals surface area contributed by atoms with Gasteiger partial charge in [-0.2, -0.15) is 15.3 Å². The molecule has 1 aliphatic carbocycles. The van der Waals surface area contributed by atoms with Crippen molar-refractivity contribution in [3.8, 4) is 17.2 Å². The summed E-state index contributed by atoms with van der Waals surface area (Å²) in [5, 5.41) is 14.0. The van der Waals surface area contributed by atoms with Crippen molar-refractivity contribution in [3.63, 3.8) is 0 Å². The fourth-order valence-electron chi connectivity index (χ4n) is 6.12. The second kappa shape index (κ2) is 11.6. The minimum absolute atomic E-state index is 0.0364. The van der Waals surface area contributed by atoms with Crippen LogP contribution in [0.2, 0.25) is 0 Å². The standard InChI is InChI=1S/C32H34FN5O3/c1-3-6-29-27(15-22-10-9-21(16-28(22)33)26-8-5-4-7-23(26)17-34)31(39)37(32-35-19-36-38(29)32)24-11-13-25(14-12-24)41-20(2)30-18-40-30/h4-5,7-10,16,19-20,24-25,30H,3,6,11-15,18H2,1-2H3. The molecule has 1 saturated carbocycles. The summed E-state index contributed by atoms with van der Waals surface area (Å²) in [6.45, 7) is 4.87. The Kier molecular flexibility index (Phi) is 7.69. The summed E-state index contributed by atoms with van der Waals surface area (Å²) in [7, 11) is 0. The van der Waals surface area contributed by atoms with Gasteiger partial charge in [-0.15, -0.1) is 0 Å². The zero-order chi connectivity index (χ0) is 28.5. The summed E-state index contributed by atoms with van der Waals surface area (Å²) in [4.78, 5) is 18.7. The van der Waals surface area contributed by atoms with Crippen LogP contribution in [0.4, 0.5) is 4.39 Å². The van der Waals surface area contributed by atoms with Gasteiger partial charge in [0.15, 0.2) is 0 Å². The van der Waals surface area contributed by atoms with Gasteiger partial charge in [-0.05, 0) is 67.9 Å². The summed E-state index contributed by atoms with van der Waals surface area (Å²) in [5.41, 5.74) is 3.41. The van der Waals surface area contributed by atoms with Crippen LogP contribution in [-0.4, -0.2) is 44.1 Å². The summed E-state index contributed by atoms with van der Waals surface area (Å²) in [6.07, 6.45) is 6.78. The highest BCUT2D eigenvalue weighted by atomic mass is 19.1. The molecular formula is C32H34FN5O3. The Morgan fingerprint density at radius 2 is 1.98 bits per heavy atom. The Labute approximate surface area is 238 Å². The first-order valence-corrected chi connectivity index (χ1v) is 14.5. The van der Waals surface area contributed by atoms with Crippen LogP contribution in [0.5, 0.6) is 0 Å². The van der Waals surface area contributed by atoms with Gasteiger partial charge in [0, 0.05) is 18.0 Å². The fraction of sp³-hybridized carbons (Fsp3) is 0.438. The number of benzene rings is 2. The molecule has 0 spiro atoms. The largest absolute Gasteiger partial charge is 0.372 e. The zero-order valence-electron chi connectivity index (χ0n) is 23.4. The Balaban J connectivity index is 1.33. The van der Waals surface area contributed by atoms with E-state index in [2.05, 4.69) is 30.0 Å². The average molecular weight is 556 g/mol. The number of aromatic nitrogens is 4. The molecule has 4 aromatic rings. The molecule has 0 bridgehead atoms. The Morgan fingerprint density at radius 3 is 2.68 bits per heavy atom. The van der Waals surface area contributed by atoms with E-state index in [-0.39, 0.29) is 36.3 Å². The molecule has 2 unspecified atom stereocenters. The lowest BCUT2D eigenvalue weighted by Crippen LogP contribution is -2.36. The number of hydrogen-bond acceptors (Lipinski definition) is 6. The van der Waals surface area contributed by atoms with Crippen LogP contribution < -0.4 is 5.56 Å². The Hall–Kier alpha value is -3.87. The molecule has 9 heteroatoms. The quantitative estimate of drug-likeness (QED) is 0.257. The van der Waals surface area contributed by atoms with Crippen LogP contribution in [0.25, 0.3) is 16.9 Å². The van der Waals surface area contributed by atoms with Crippen LogP contribution in [-0.2, 0) is 22.3 Å². The number of epoxide rings is 1. The summed E-state index contributed by atoms with van der Waals surface area (Å²) in [6, 6.07) is 14.3. The third kappa shape index (κ3) is 5.42. The van der Waals surface area contributed by atoms with Gasteiger partial charge >= 0.3 is 0 Å². The first-order valence-electron chi connectivity index (χ1n) is 14.5. The maximum absolute atomic E-state index is 15.6. The van der Waals surface area contributed by atoms with Gasteiger partial charge in [-0.25, -0.2) is 8.91 Å². The monoisotopic (exact) mass is 555 g/mol. The SMILES string of the molecule is CCCc1c(Cc2ccc(-c3ccccc3C#N)cc2F)c(=O)n(C2CCC(OC(C)C3CO3)CC2)c2ncnn12. The summed E-state index contributed by atoms with van der Waals surface area (Å²) in [5.74, 6) is 0.129. The van der Waals surface area contributed by atoms with Crippen molar-refractivity contribution in [3.05, 3.63) is 87.3 Å². The van der Waals surface area contributed by atoms with Crippen molar-refractivity contribution >= 4 is 5.78 Å². The average Bonchev–Trinajstić information content (AvgIpc) is 3.74. The first kappa shape index (κ1) is 27.3. The molecule has 2 fully saturated rings. The van der Waals surface area contributed by atoms with E-state index in [1.807, 2.05) is 18.2 Å². The van der Waals surface area contributed by atoms with E-state index >= 15 is 4.39 Å². The Morgan fingerprint density at radius 1 is 1.20 bits per heavy atom. The Bertz CT molecular complexity index is 1660. The topological polar surface area (TPSA) is 97.7 Å². The lowest BCUT2D eigenvalue weighted by Gasteiger charge is -2.31. The van der Waals surface area contributed by atoms with Gasteiger partial charge in [0.05, 0.1) is 36.1 Å². The van der Waals surface area contributed by atoms with Crippen molar-refractivity contribution < 1.29 is 13.9 Å². The van der Waals surface area contributed by atoms with Gasteiger partial charge in [0.25, 0.3) is 5.56 Å². The van der Waals surface area contributed by atoms with Gasteiger partial charge in [-0.3, -0.25) is 9.36 Å². The first-order chi connectivity index (χ1) is 20.0. The molecule has 2 aromatic heterocycles. The molecule has 3 heterocycles. The third-order valence-electron chi connectivity index (χ3n) is 8.39. The number of halogens is 1. The molecule has 41 heavy (non-hydrogen) atoms. The fourth-order valence-corrected chi connectivity index (χ4v) is 6.12. The maximum Gasteiger partial charge on any atom is 0.259 e. The lowest BCUT2D eigenvalue weighted by molar-refractivity contribution is -0.0377. The third-order valence-corrected chi connectivity index (χ3v) is 8.39. The van der Waals surface area contributed by atoms with Crippen LogP contribution in [0.3, 0.4) is 0 Å². The lowest BCUT2D eigenvalue weighted by atomic mass is 9.92. The van der Waals surface area contributed by atoms with Crippen molar-refractivity contribution in [2.24, 2.45) is 0 Å². The number of aryl methyl sites for hydroxylation is 1. The van der Waals surface area contributed by atoms with Crippen molar-refractivity contribution in [1.82, 2.24) is 19.2 Å². The van der Waals surface area contributed by atoms with Gasteiger partial charge in [-0.1, -0.05) is 43.7 Å². The van der Waals surface area contributed by atoms with Crippen LogP contribution >= 0.6 is 0 Å². The van der Waals surface area contributed by atoms with Crippen LogP contribution in [0.15, 0.2) is 53.6 Å². The molecule has 2 atom stereocenters. The maximum atomic E-state index is 15.6. The van der Waals surface area contributed by atoms with Crippen molar-refractivity contribution in [2.75, 3.05) is 6.61 Å². The van der Waals surface area contributed by atoms with Crippen molar-refractivity contribution in [2.45, 2.75) is 83.1 Å². The molecule has 0 N–H and O–H groups in total. The normalized spacial score (nSPS) is 21.1. The number of rotatable bonds is 9. The predicted molar refractivity (Wildman–Crippen MR) is 152 cm³/mol. The number of fused-ring (bicyclic) bond motifs is 1. The molecule has 1 saturated heterocycles. The molecule has 0 radical (unpaired) electrons. The smallest absolute Gasteiger partial charge is 0.259 e. The number of hydrogen-bond donors (Lipinski definition) is 0. The van der Waals surface area contributed by atoms with Crippen molar-refractivity contribution in [1.29, 1.82) is 5.26 Å². The van der Waals surface area contributed by atoms with E-state index in [9.17, 15) is 10.1 Å². The molecule has 212 valence electrons. The highest BCUT2D eigenvalue weighted by Crippen LogP contribution is 2.33. The summed E-state index contributed by atoms with van der Waals surface area (Å²) < 4.78 is 30.7. The highest BCUT2D eigenvalue weighted by Gasteiger charge is 2.34. The molecule has 2 aliphatic rings. The van der Waals surface area contributed by atoms with E-state index < -0.39 is 5.82 Å². The summed E-state index contributed by atoms with van der Waals surface area (Å²) >= 11 is 0. The number of ether oxygens (including phenoxy) is 2. The number of nitriles is 1. The second-order valence-electron chi connectivity index (χ2n) is 11.1. The van der Waals surface area contributed by atoms with E-state index in [0.717, 1.165) is 44.4 Å². The van der Waals surface area contributed by atoms with E-state index in [4.69, 9.17) is 9.47 Å². The predicted octanol–water partition coefficient (Wildman–Crippen LogP) is 5.40. The zero-order valence-corrected chi connectivity index (χ0v) is 23.4. The highest BCUT2D eigenvalue weighted by molar-refractivity contribution is 5.70. The van der Waals surface area contributed by atoms with Gasteiger partial charge in [0.2, 0.25) is 5.78 Å². The molecule has 8 nitrogen and oxygen atoms in total. The molecule has 2 aromatic carbocycles. The van der Waals surface area contributed by atoms with Crippen LogP contribution in [0, 0.1) is 17.1 Å². The molecule has 0 amide bonds. The molecule has 1 aliphatic heterocycles. The van der Waals surface area contributed by atoms with E-state index in [1.54, 1.807) is 27.3 Å². The van der Waals surface area contributed by atoms with Crippen LogP contribution in [0.1, 0.15) is 74.4 Å². The van der Waals surface area contributed by atoms with E-state index in [0.29, 0.717) is 40.0 Å². The molecule has 6 rings (SSSR count). The second-order valence-corrected chi connectivity index (χ2v) is 11.1. The minimum Gasteiger partial charge on any atom is -0.372 e. The number of nitrogens with zero attached hydrogens (tertiary/aromatic N) is 5.